The summed E-state index contributed by atoms with van der Waals surface area (Å²) in [6, 6.07) is 4.78. The first kappa shape index (κ1) is 16.0. The van der Waals surface area contributed by atoms with E-state index in [2.05, 4.69) is 0 Å². The number of ether oxygens (including phenoxy) is 2. The molecule has 0 aliphatic heterocycles. The normalized spacial score (nSPS) is 10.4. The van der Waals surface area contributed by atoms with Crippen molar-refractivity contribution < 1.29 is 19.1 Å². The first-order chi connectivity index (χ1) is 9.43. The Morgan fingerprint density at radius 3 is 2.55 bits per heavy atom. The van der Waals surface area contributed by atoms with Crippen LogP contribution in [0.2, 0.25) is 0 Å². The Morgan fingerprint density at radius 2 is 2.00 bits per heavy atom. The van der Waals surface area contributed by atoms with E-state index in [9.17, 15) is 9.59 Å². The topological polar surface area (TPSA) is 78.6 Å². The molecular formula is C15H21NO4. The number of hydrogen-bond acceptors (Lipinski definition) is 5. The van der Waals surface area contributed by atoms with E-state index in [1.54, 1.807) is 19.1 Å². The maximum absolute atomic E-state index is 11.9. The molecule has 0 saturated carbocycles. The molecule has 20 heavy (non-hydrogen) atoms. The van der Waals surface area contributed by atoms with E-state index in [1.807, 2.05) is 13.8 Å². The molecule has 2 N–H and O–H groups in total. The summed E-state index contributed by atoms with van der Waals surface area (Å²) < 4.78 is 10.3. The zero-order valence-electron chi connectivity index (χ0n) is 12.1. The molecule has 1 aromatic carbocycles. The summed E-state index contributed by atoms with van der Waals surface area (Å²) in [6.45, 7) is 6.58. The smallest absolute Gasteiger partial charge is 0.313 e. The number of esters is 1. The lowest BCUT2D eigenvalue weighted by molar-refractivity contribution is -0.141. The fourth-order valence-electron chi connectivity index (χ4n) is 1.55. The zero-order valence-corrected chi connectivity index (χ0v) is 12.1. The van der Waals surface area contributed by atoms with Crippen molar-refractivity contribution >= 4 is 17.4 Å². The highest BCUT2D eigenvalue weighted by molar-refractivity contribution is 6.06. The van der Waals surface area contributed by atoms with E-state index in [-0.39, 0.29) is 18.8 Å². The van der Waals surface area contributed by atoms with Crippen LogP contribution in [0, 0.1) is 5.92 Å². The molecule has 0 saturated heterocycles. The van der Waals surface area contributed by atoms with Crippen molar-refractivity contribution in [3.63, 3.8) is 0 Å². The highest BCUT2D eigenvalue weighted by Crippen LogP contribution is 2.23. The number of hydrogen-bond donors (Lipinski definition) is 1. The summed E-state index contributed by atoms with van der Waals surface area (Å²) in [7, 11) is 0. The lowest BCUT2D eigenvalue weighted by atomic mass is 10.1. The van der Waals surface area contributed by atoms with E-state index in [4.69, 9.17) is 15.2 Å². The number of rotatable bonds is 7. The summed E-state index contributed by atoms with van der Waals surface area (Å²) in [4.78, 5) is 23.1. The summed E-state index contributed by atoms with van der Waals surface area (Å²) in [5.41, 5.74) is 6.61. The first-order valence-corrected chi connectivity index (χ1v) is 6.65. The van der Waals surface area contributed by atoms with Gasteiger partial charge in [0.15, 0.2) is 5.78 Å². The standard InChI is InChI=1S/C15H21NO4/c1-4-19-15(18)8-13(17)11-5-6-14(12(16)7-11)20-9-10(2)3/h5-7,10H,4,8-9,16H2,1-3H3. The summed E-state index contributed by atoms with van der Waals surface area (Å²) in [5.74, 6) is 0.0904. The molecule has 0 spiro atoms. The number of nitrogen functional groups attached to an aromatic ring is 1. The van der Waals surface area contributed by atoms with Crippen molar-refractivity contribution in [1.29, 1.82) is 0 Å². The number of benzene rings is 1. The fourth-order valence-corrected chi connectivity index (χ4v) is 1.55. The van der Waals surface area contributed by atoms with Gasteiger partial charge in [0, 0.05) is 5.56 Å². The zero-order chi connectivity index (χ0) is 15.1. The van der Waals surface area contributed by atoms with Gasteiger partial charge in [-0.3, -0.25) is 9.59 Å². The second-order valence-electron chi connectivity index (χ2n) is 4.86. The van der Waals surface area contributed by atoms with Gasteiger partial charge in [-0.05, 0) is 31.0 Å². The highest BCUT2D eigenvalue weighted by Gasteiger charge is 2.14. The largest absolute Gasteiger partial charge is 0.491 e. The van der Waals surface area contributed by atoms with Gasteiger partial charge in [0.05, 0.1) is 18.9 Å². The van der Waals surface area contributed by atoms with Gasteiger partial charge < -0.3 is 15.2 Å². The third-order valence-corrected chi connectivity index (χ3v) is 2.51. The highest BCUT2D eigenvalue weighted by atomic mass is 16.5. The molecule has 0 radical (unpaired) electrons. The lowest BCUT2D eigenvalue weighted by Crippen LogP contribution is -2.12. The molecule has 1 rings (SSSR count). The Balaban J connectivity index is 2.71. The lowest BCUT2D eigenvalue weighted by Gasteiger charge is -2.11. The van der Waals surface area contributed by atoms with Gasteiger partial charge in [-0.1, -0.05) is 13.8 Å². The average Bonchev–Trinajstić information content (AvgIpc) is 2.37. The number of anilines is 1. The van der Waals surface area contributed by atoms with Gasteiger partial charge in [0.2, 0.25) is 0 Å². The molecule has 0 unspecified atom stereocenters. The third kappa shape index (κ3) is 4.91. The number of nitrogens with two attached hydrogens (primary N) is 1. The van der Waals surface area contributed by atoms with Crippen LogP contribution in [0.5, 0.6) is 5.75 Å². The number of Topliss-reactive ketones (excluding diaryl/α,β-unsaturated/α-hetero) is 1. The van der Waals surface area contributed by atoms with Crippen LogP contribution >= 0.6 is 0 Å². The van der Waals surface area contributed by atoms with Crippen LogP contribution in [0.4, 0.5) is 5.69 Å². The van der Waals surface area contributed by atoms with E-state index in [0.717, 1.165) is 0 Å². The average molecular weight is 279 g/mol. The molecule has 0 aromatic heterocycles. The van der Waals surface area contributed by atoms with Gasteiger partial charge in [-0.15, -0.1) is 0 Å². The predicted molar refractivity (Wildman–Crippen MR) is 76.8 cm³/mol. The van der Waals surface area contributed by atoms with Crippen molar-refractivity contribution in [2.45, 2.75) is 27.2 Å². The first-order valence-electron chi connectivity index (χ1n) is 6.65. The molecule has 5 heteroatoms. The molecule has 0 heterocycles. The van der Waals surface area contributed by atoms with Crippen molar-refractivity contribution in [2.75, 3.05) is 18.9 Å². The van der Waals surface area contributed by atoms with Crippen LogP contribution in [0.1, 0.15) is 37.6 Å². The summed E-state index contributed by atoms with van der Waals surface area (Å²) in [6.07, 6.45) is -0.278. The molecule has 1 aromatic rings. The predicted octanol–water partition coefficient (Wildman–Crippen LogP) is 2.44. The Morgan fingerprint density at radius 1 is 1.30 bits per heavy atom. The third-order valence-electron chi connectivity index (χ3n) is 2.51. The van der Waals surface area contributed by atoms with Gasteiger partial charge in [-0.25, -0.2) is 0 Å². The second-order valence-corrected chi connectivity index (χ2v) is 4.86. The Labute approximate surface area is 119 Å². The van der Waals surface area contributed by atoms with E-state index < -0.39 is 5.97 Å². The number of ketones is 1. The minimum Gasteiger partial charge on any atom is -0.491 e. The number of carbonyl (C=O) groups excluding carboxylic acids is 2. The van der Waals surface area contributed by atoms with Crippen LogP contribution in [0.15, 0.2) is 18.2 Å². The molecule has 5 nitrogen and oxygen atoms in total. The van der Waals surface area contributed by atoms with Crippen LogP contribution in [-0.4, -0.2) is 25.0 Å². The Hall–Kier alpha value is -2.04. The monoisotopic (exact) mass is 279 g/mol. The molecular weight excluding hydrogens is 258 g/mol. The Bertz CT molecular complexity index is 483. The summed E-state index contributed by atoms with van der Waals surface area (Å²) in [5, 5.41) is 0. The van der Waals surface area contributed by atoms with Gasteiger partial charge in [0.1, 0.15) is 12.2 Å². The Kier molecular flexibility index (Phi) is 6.03. The van der Waals surface area contributed by atoms with Crippen LogP contribution < -0.4 is 10.5 Å². The van der Waals surface area contributed by atoms with E-state index >= 15 is 0 Å². The molecule has 0 amide bonds. The summed E-state index contributed by atoms with van der Waals surface area (Å²) >= 11 is 0. The van der Waals surface area contributed by atoms with Gasteiger partial charge in [-0.2, -0.15) is 0 Å². The van der Waals surface area contributed by atoms with E-state index in [1.165, 1.54) is 6.07 Å². The maximum Gasteiger partial charge on any atom is 0.313 e. The van der Waals surface area contributed by atoms with Crippen LogP contribution in [0.25, 0.3) is 0 Å². The minimum atomic E-state index is -0.531. The van der Waals surface area contributed by atoms with Crippen LogP contribution in [0.3, 0.4) is 0 Å². The molecule has 0 bridgehead atoms. The molecule has 0 atom stereocenters. The van der Waals surface area contributed by atoms with Crippen LogP contribution in [-0.2, 0) is 9.53 Å². The van der Waals surface area contributed by atoms with Gasteiger partial charge in [0.25, 0.3) is 0 Å². The SMILES string of the molecule is CCOC(=O)CC(=O)c1ccc(OCC(C)C)c(N)c1. The van der Waals surface area contributed by atoms with Crippen molar-refractivity contribution in [3.05, 3.63) is 23.8 Å². The van der Waals surface area contributed by atoms with E-state index in [0.29, 0.717) is 29.5 Å². The fraction of sp³-hybridized carbons (Fsp3) is 0.467. The maximum atomic E-state index is 11.9. The minimum absolute atomic E-state index is 0.260. The second kappa shape index (κ2) is 7.53. The van der Waals surface area contributed by atoms with Crippen molar-refractivity contribution in [1.82, 2.24) is 0 Å². The number of carbonyl (C=O) groups is 2. The van der Waals surface area contributed by atoms with Crippen molar-refractivity contribution in [3.8, 4) is 5.75 Å². The molecule has 0 fully saturated rings. The molecule has 0 aliphatic rings. The molecule has 0 aliphatic carbocycles. The van der Waals surface area contributed by atoms with Crippen molar-refractivity contribution in [2.24, 2.45) is 5.92 Å². The quantitative estimate of drug-likeness (QED) is 0.359. The van der Waals surface area contributed by atoms with Gasteiger partial charge >= 0.3 is 5.97 Å². The molecule has 110 valence electrons.